The summed E-state index contributed by atoms with van der Waals surface area (Å²) < 4.78 is 42.1. The van der Waals surface area contributed by atoms with Crippen molar-refractivity contribution in [1.29, 1.82) is 0 Å². The maximum absolute atomic E-state index is 14.0. The molecular formula is C30H24Cl3F3N2O. The van der Waals surface area contributed by atoms with Gasteiger partial charge in [0.2, 0.25) is 0 Å². The number of fused-ring (bicyclic) bond motifs is 1. The topological polar surface area (TPSA) is 45.5 Å². The van der Waals surface area contributed by atoms with Crippen molar-refractivity contribution in [3.63, 3.8) is 0 Å². The summed E-state index contributed by atoms with van der Waals surface area (Å²) in [6.45, 7) is 3.14. The van der Waals surface area contributed by atoms with E-state index in [1.165, 1.54) is 13.1 Å². The van der Waals surface area contributed by atoms with Gasteiger partial charge in [-0.15, -0.1) is 0 Å². The molecule has 1 N–H and O–H groups in total. The van der Waals surface area contributed by atoms with Gasteiger partial charge in [-0.25, -0.2) is 4.98 Å². The maximum Gasteiger partial charge on any atom is 0.411 e. The summed E-state index contributed by atoms with van der Waals surface area (Å²) in [4.78, 5) is 8.30. The van der Waals surface area contributed by atoms with Crippen LogP contribution in [0.25, 0.3) is 22.0 Å². The first-order valence-corrected chi connectivity index (χ1v) is 13.4. The summed E-state index contributed by atoms with van der Waals surface area (Å²) in [5.41, 5.74) is -0.752. The second-order valence-corrected chi connectivity index (χ2v) is 11.3. The van der Waals surface area contributed by atoms with Gasteiger partial charge in [0.25, 0.3) is 0 Å². The van der Waals surface area contributed by atoms with Gasteiger partial charge in [0.1, 0.15) is 16.8 Å². The normalized spacial score (nSPS) is 23.1. The number of benzene rings is 3. The Labute approximate surface area is 239 Å². The molecule has 0 saturated carbocycles. The van der Waals surface area contributed by atoms with Gasteiger partial charge in [0.05, 0.1) is 10.5 Å². The van der Waals surface area contributed by atoms with E-state index in [0.29, 0.717) is 37.6 Å². The lowest BCUT2D eigenvalue weighted by molar-refractivity contribution is -0.184. The summed E-state index contributed by atoms with van der Waals surface area (Å²) in [6, 6.07) is 18.9. The van der Waals surface area contributed by atoms with Gasteiger partial charge in [-0.3, -0.25) is 4.99 Å². The molecule has 1 aliphatic rings. The molecule has 1 aromatic heterocycles. The smallest absolute Gasteiger partial charge is 0.380 e. The summed E-state index contributed by atoms with van der Waals surface area (Å²) in [6.07, 6.45) is -3.22. The molecule has 0 spiro atoms. The molecule has 5 rings (SSSR count). The lowest BCUT2D eigenvalue weighted by Gasteiger charge is -2.52. The Balaban J connectivity index is 1.78. The van der Waals surface area contributed by atoms with Crippen LogP contribution in [0, 0.1) is 11.3 Å². The number of pyridine rings is 1. The first-order chi connectivity index (χ1) is 18.4. The minimum atomic E-state index is -4.58. The number of alkyl halides is 3. The highest BCUT2D eigenvalue weighted by Gasteiger charge is 2.59. The van der Waals surface area contributed by atoms with Crippen LogP contribution in [0.1, 0.15) is 31.4 Å². The Morgan fingerprint density at radius 3 is 2.28 bits per heavy atom. The van der Waals surface area contributed by atoms with Crippen molar-refractivity contribution < 1.29 is 18.3 Å². The number of hydrogen-bond acceptors (Lipinski definition) is 3. The van der Waals surface area contributed by atoms with Gasteiger partial charge in [-0.05, 0) is 53.3 Å². The van der Waals surface area contributed by atoms with Gasteiger partial charge in [-0.2, -0.15) is 13.2 Å². The zero-order chi connectivity index (χ0) is 28.2. The number of halogens is 6. The highest BCUT2D eigenvalue weighted by molar-refractivity contribution is 6.42. The molecule has 39 heavy (non-hydrogen) atoms. The molecule has 4 aromatic rings. The highest BCUT2D eigenvalue weighted by Crippen LogP contribution is 2.56. The Morgan fingerprint density at radius 1 is 0.923 bits per heavy atom. The van der Waals surface area contributed by atoms with E-state index in [9.17, 15) is 18.3 Å². The molecule has 0 aliphatic carbocycles. The molecule has 0 saturated heterocycles. The summed E-state index contributed by atoms with van der Waals surface area (Å²) in [5.74, 6) is -1.08. The van der Waals surface area contributed by atoms with Crippen LogP contribution in [0.5, 0.6) is 0 Å². The van der Waals surface area contributed by atoms with Crippen LogP contribution in [-0.2, 0) is 5.60 Å². The first kappa shape index (κ1) is 27.9. The molecule has 0 fully saturated rings. The quantitative estimate of drug-likeness (QED) is 0.241. The van der Waals surface area contributed by atoms with Crippen LogP contribution < -0.4 is 0 Å². The third-order valence-corrected chi connectivity index (χ3v) is 8.92. The van der Waals surface area contributed by atoms with Gasteiger partial charge < -0.3 is 5.11 Å². The van der Waals surface area contributed by atoms with Crippen LogP contribution in [0.2, 0.25) is 15.2 Å². The lowest BCUT2D eigenvalue weighted by atomic mass is 9.56. The molecule has 3 aromatic carbocycles. The molecule has 9 heteroatoms. The second kappa shape index (κ2) is 10.1. The van der Waals surface area contributed by atoms with E-state index in [0.717, 1.165) is 5.56 Å². The summed E-state index contributed by atoms with van der Waals surface area (Å²) in [7, 11) is 0. The number of nitrogens with zero attached hydrogens (tertiary/aromatic N) is 2. The summed E-state index contributed by atoms with van der Waals surface area (Å²) >= 11 is 19.8. The van der Waals surface area contributed by atoms with Crippen molar-refractivity contribution in [3.8, 4) is 11.1 Å². The van der Waals surface area contributed by atoms with Gasteiger partial charge in [-0.1, -0.05) is 97.2 Å². The Kier molecular flexibility index (Phi) is 7.21. The van der Waals surface area contributed by atoms with Crippen LogP contribution in [0.3, 0.4) is 0 Å². The Bertz CT molecular complexity index is 1580. The van der Waals surface area contributed by atoms with E-state index >= 15 is 0 Å². The van der Waals surface area contributed by atoms with Crippen molar-refractivity contribution in [1.82, 2.24) is 4.98 Å². The molecule has 4 unspecified atom stereocenters. The third kappa shape index (κ3) is 4.61. The predicted molar refractivity (Wildman–Crippen MR) is 152 cm³/mol. The second-order valence-electron chi connectivity index (χ2n) is 10.1. The number of rotatable bonds is 4. The largest absolute Gasteiger partial charge is 0.411 e. The lowest BCUT2D eigenvalue weighted by Crippen LogP contribution is -2.55. The zero-order valence-electron chi connectivity index (χ0n) is 21.0. The zero-order valence-corrected chi connectivity index (χ0v) is 23.2. The Morgan fingerprint density at radius 2 is 1.62 bits per heavy atom. The monoisotopic (exact) mass is 590 g/mol. The molecule has 4 atom stereocenters. The highest BCUT2D eigenvalue weighted by atomic mass is 35.5. The predicted octanol–water partition coefficient (Wildman–Crippen LogP) is 9.15. The minimum Gasteiger partial charge on any atom is -0.380 e. The van der Waals surface area contributed by atoms with Crippen molar-refractivity contribution in [2.24, 2.45) is 16.3 Å². The van der Waals surface area contributed by atoms with E-state index in [1.807, 2.05) is 30.3 Å². The van der Waals surface area contributed by atoms with Gasteiger partial charge in [0.15, 0.2) is 0 Å². The van der Waals surface area contributed by atoms with Crippen LogP contribution in [0.15, 0.2) is 77.8 Å². The van der Waals surface area contributed by atoms with Gasteiger partial charge in [0, 0.05) is 27.6 Å². The van der Waals surface area contributed by atoms with E-state index in [2.05, 4.69) is 9.98 Å². The number of aliphatic imine (C=N–C) groups is 1. The molecule has 0 radical (unpaired) electrons. The number of aliphatic hydroxyl groups is 1. The van der Waals surface area contributed by atoms with E-state index < -0.39 is 29.2 Å². The standard InChI is InChI=1S/C30H24Cl3F3N2O/c1-17-26(30(34,35)36)37-14-13-28(17,2)29(39,19-9-6-10-21(31)15-19)20-11-12-23-22(16-20)25(32)24(27(33)38-23)18-7-4-3-5-8-18/h3-12,14-17,26,39H,13H2,1-2H3. The fraction of sp³-hybridized carbons (Fsp3) is 0.267. The van der Waals surface area contributed by atoms with Crippen LogP contribution in [0.4, 0.5) is 13.2 Å². The first-order valence-electron chi connectivity index (χ1n) is 12.3. The fourth-order valence-corrected chi connectivity index (χ4v) is 6.56. The van der Waals surface area contributed by atoms with Crippen LogP contribution >= 0.6 is 34.8 Å². The van der Waals surface area contributed by atoms with E-state index in [4.69, 9.17) is 34.8 Å². The maximum atomic E-state index is 14.0. The van der Waals surface area contributed by atoms with Gasteiger partial charge >= 0.3 is 6.18 Å². The third-order valence-electron chi connectivity index (χ3n) is 8.02. The van der Waals surface area contributed by atoms with E-state index in [-0.39, 0.29) is 11.6 Å². The average molecular weight is 592 g/mol. The number of hydrogen-bond donors (Lipinski definition) is 1. The molecule has 1 aliphatic heterocycles. The SMILES string of the molecule is CC1C(C(F)(F)F)N=CCC1(C)C(O)(c1cccc(Cl)c1)c1ccc2nc(Cl)c(-c3ccccc3)c(Cl)c2c1. The average Bonchev–Trinajstić information content (AvgIpc) is 2.89. The Hall–Kier alpha value is -2.64. The molecule has 202 valence electrons. The minimum absolute atomic E-state index is 0.101. The van der Waals surface area contributed by atoms with E-state index in [1.54, 1.807) is 49.4 Å². The molecular weight excluding hydrogens is 568 g/mol. The molecule has 0 bridgehead atoms. The molecule has 0 amide bonds. The van der Waals surface area contributed by atoms with Crippen molar-refractivity contribution in [2.75, 3.05) is 0 Å². The van der Waals surface area contributed by atoms with Crippen molar-refractivity contribution in [2.45, 2.75) is 38.1 Å². The fourth-order valence-electron chi connectivity index (χ4n) is 5.68. The number of aromatic nitrogens is 1. The van der Waals surface area contributed by atoms with Crippen molar-refractivity contribution >= 4 is 51.9 Å². The molecule has 3 nitrogen and oxygen atoms in total. The van der Waals surface area contributed by atoms with Crippen LogP contribution in [-0.4, -0.2) is 28.5 Å². The molecule has 2 heterocycles. The summed E-state index contributed by atoms with van der Waals surface area (Å²) in [5, 5.41) is 14.1. The van der Waals surface area contributed by atoms with Crippen molar-refractivity contribution in [3.05, 3.63) is 99.1 Å².